The number of rotatable bonds is 10. The number of carbonyl (C=O) groups excluding carboxylic acids is 3. The second-order valence-corrected chi connectivity index (χ2v) is 6.86. The first-order valence-electron chi connectivity index (χ1n) is 9.19. The Morgan fingerprint density at radius 1 is 1.15 bits per heavy atom. The summed E-state index contributed by atoms with van der Waals surface area (Å²) in [7, 11) is 0. The molecular weight excluding hydrogens is 356 g/mol. The zero-order valence-electron chi connectivity index (χ0n) is 15.9. The summed E-state index contributed by atoms with van der Waals surface area (Å²) < 4.78 is 0. The Kier molecular flexibility index (Phi) is 9.16. The van der Waals surface area contributed by atoms with Crippen LogP contribution in [-0.4, -0.2) is 71.2 Å². The highest BCUT2D eigenvalue weighted by atomic mass is 16.4. The first kappa shape index (κ1) is 22.8. The van der Waals surface area contributed by atoms with Crippen LogP contribution in [0.25, 0.3) is 0 Å². The number of carbonyl (C=O) groups is 4. The molecule has 6 N–H and O–H groups in total. The molecule has 0 aromatic heterocycles. The minimum Gasteiger partial charge on any atom is -0.480 e. The van der Waals surface area contributed by atoms with Crippen molar-refractivity contribution in [3.05, 3.63) is 0 Å². The smallest absolute Gasteiger partial charge is 0.326 e. The lowest BCUT2D eigenvalue weighted by Crippen LogP contribution is -2.57. The molecule has 10 nitrogen and oxygen atoms in total. The second-order valence-electron chi connectivity index (χ2n) is 6.86. The molecule has 1 saturated heterocycles. The molecule has 10 heteroatoms. The van der Waals surface area contributed by atoms with E-state index in [1.165, 1.54) is 6.92 Å². The van der Waals surface area contributed by atoms with Crippen LogP contribution in [0.5, 0.6) is 0 Å². The fourth-order valence-corrected chi connectivity index (χ4v) is 2.75. The van der Waals surface area contributed by atoms with Gasteiger partial charge in [0.15, 0.2) is 0 Å². The zero-order chi connectivity index (χ0) is 20.6. The number of aliphatic hydroxyl groups excluding tert-OH is 1. The second kappa shape index (κ2) is 10.8. The highest BCUT2D eigenvalue weighted by Gasteiger charge is 2.31. The summed E-state index contributed by atoms with van der Waals surface area (Å²) in [5, 5.41) is 29.1. The molecule has 27 heavy (non-hydrogen) atoms. The fraction of sp³-hybridized carbons (Fsp3) is 0.765. The van der Waals surface area contributed by atoms with Crippen molar-refractivity contribution in [3.63, 3.8) is 0 Å². The van der Waals surface area contributed by atoms with E-state index in [2.05, 4.69) is 21.3 Å². The molecule has 3 amide bonds. The van der Waals surface area contributed by atoms with Crippen LogP contribution in [0.1, 0.15) is 40.0 Å². The van der Waals surface area contributed by atoms with E-state index < -0.39 is 48.6 Å². The van der Waals surface area contributed by atoms with Gasteiger partial charge in [-0.1, -0.05) is 20.3 Å². The topological polar surface area (TPSA) is 157 Å². The van der Waals surface area contributed by atoms with Crippen LogP contribution in [0.4, 0.5) is 0 Å². The van der Waals surface area contributed by atoms with Gasteiger partial charge in [0.05, 0.1) is 18.7 Å². The van der Waals surface area contributed by atoms with Gasteiger partial charge >= 0.3 is 5.97 Å². The Balaban J connectivity index is 2.56. The highest BCUT2D eigenvalue weighted by molar-refractivity contribution is 5.93. The first-order chi connectivity index (χ1) is 12.7. The van der Waals surface area contributed by atoms with Crippen molar-refractivity contribution < 1.29 is 29.4 Å². The normalized spacial score (nSPS) is 20.8. The monoisotopic (exact) mass is 386 g/mol. The van der Waals surface area contributed by atoms with Gasteiger partial charge in [0.2, 0.25) is 17.7 Å². The van der Waals surface area contributed by atoms with Gasteiger partial charge in [-0.05, 0) is 32.2 Å². The number of carboxylic acid groups (broad SMARTS) is 1. The molecule has 1 fully saturated rings. The average molecular weight is 386 g/mol. The lowest BCUT2D eigenvalue weighted by atomic mass is 9.99. The van der Waals surface area contributed by atoms with E-state index in [9.17, 15) is 29.4 Å². The molecule has 0 radical (unpaired) electrons. The number of carboxylic acids is 1. The molecule has 0 aromatic carbocycles. The number of aliphatic hydroxyl groups is 1. The lowest BCUT2D eigenvalue weighted by molar-refractivity contribution is -0.143. The molecule has 0 saturated carbocycles. The summed E-state index contributed by atoms with van der Waals surface area (Å²) in [4.78, 5) is 47.6. The SMILES string of the molecule is CCC(C)C(NC(=O)CNC(=O)C(NC(=O)C1CCCN1)C(C)O)C(=O)O. The molecule has 5 atom stereocenters. The maximum absolute atomic E-state index is 12.2. The standard InChI is InChI=1S/C17H30N4O6/c1-4-9(2)13(17(26)27)20-12(23)8-19-16(25)14(10(3)22)21-15(24)11-6-5-7-18-11/h9-11,13-14,18,22H,4-8H2,1-3H3,(H,19,25)(H,20,23)(H,21,24)(H,26,27). The fourth-order valence-electron chi connectivity index (χ4n) is 2.75. The van der Waals surface area contributed by atoms with E-state index in [-0.39, 0.29) is 11.8 Å². The molecule has 0 aromatic rings. The van der Waals surface area contributed by atoms with Gasteiger partial charge in [0.1, 0.15) is 12.1 Å². The van der Waals surface area contributed by atoms with E-state index in [4.69, 9.17) is 0 Å². The van der Waals surface area contributed by atoms with Crippen LogP contribution in [0, 0.1) is 5.92 Å². The molecular formula is C17H30N4O6. The third-order valence-corrected chi connectivity index (χ3v) is 4.66. The molecule has 154 valence electrons. The van der Waals surface area contributed by atoms with E-state index in [0.717, 1.165) is 6.42 Å². The van der Waals surface area contributed by atoms with Gasteiger partial charge in [-0.15, -0.1) is 0 Å². The van der Waals surface area contributed by atoms with Gasteiger partial charge in [-0.3, -0.25) is 14.4 Å². The van der Waals surface area contributed by atoms with Crippen LogP contribution in [0.15, 0.2) is 0 Å². The number of hydrogen-bond acceptors (Lipinski definition) is 6. The summed E-state index contributed by atoms with van der Waals surface area (Å²) in [5.41, 5.74) is 0. The largest absolute Gasteiger partial charge is 0.480 e. The molecule has 0 spiro atoms. The van der Waals surface area contributed by atoms with Crippen molar-refractivity contribution in [3.8, 4) is 0 Å². The van der Waals surface area contributed by atoms with Crippen LogP contribution >= 0.6 is 0 Å². The molecule has 5 unspecified atom stereocenters. The van der Waals surface area contributed by atoms with E-state index in [1.807, 2.05) is 6.92 Å². The average Bonchev–Trinajstić information content (AvgIpc) is 3.15. The molecule has 1 heterocycles. The predicted octanol–water partition coefficient (Wildman–Crippen LogP) is -1.66. The molecule has 1 rings (SSSR count). The number of hydrogen-bond donors (Lipinski definition) is 6. The van der Waals surface area contributed by atoms with Gasteiger partial charge in [-0.2, -0.15) is 0 Å². The zero-order valence-corrected chi connectivity index (χ0v) is 15.9. The quantitative estimate of drug-likeness (QED) is 0.262. The van der Waals surface area contributed by atoms with Gasteiger partial charge < -0.3 is 31.5 Å². The molecule has 0 aliphatic carbocycles. The summed E-state index contributed by atoms with van der Waals surface area (Å²) in [6.45, 7) is 5.12. The Hall–Kier alpha value is -2.20. The van der Waals surface area contributed by atoms with Crippen molar-refractivity contribution in [1.29, 1.82) is 0 Å². The van der Waals surface area contributed by atoms with Crippen molar-refractivity contribution in [2.45, 2.75) is 64.3 Å². The van der Waals surface area contributed by atoms with Crippen LogP contribution in [-0.2, 0) is 19.2 Å². The summed E-state index contributed by atoms with van der Waals surface area (Å²) >= 11 is 0. The van der Waals surface area contributed by atoms with Crippen LogP contribution < -0.4 is 21.3 Å². The summed E-state index contributed by atoms with van der Waals surface area (Å²) in [6.07, 6.45) is 0.902. The molecule has 0 bridgehead atoms. The van der Waals surface area contributed by atoms with Crippen molar-refractivity contribution in [1.82, 2.24) is 21.3 Å². The number of amides is 3. The van der Waals surface area contributed by atoms with Crippen molar-refractivity contribution >= 4 is 23.7 Å². The van der Waals surface area contributed by atoms with E-state index in [0.29, 0.717) is 19.4 Å². The Labute approximate surface area is 158 Å². The summed E-state index contributed by atoms with van der Waals surface area (Å²) in [6, 6.07) is -2.67. The van der Waals surface area contributed by atoms with Crippen LogP contribution in [0.3, 0.4) is 0 Å². The van der Waals surface area contributed by atoms with E-state index in [1.54, 1.807) is 6.92 Å². The Morgan fingerprint density at radius 2 is 1.81 bits per heavy atom. The first-order valence-corrected chi connectivity index (χ1v) is 9.19. The third kappa shape index (κ3) is 7.14. The Morgan fingerprint density at radius 3 is 2.30 bits per heavy atom. The molecule has 1 aliphatic rings. The minimum absolute atomic E-state index is 0.273. The molecule has 1 aliphatic heterocycles. The maximum Gasteiger partial charge on any atom is 0.326 e. The van der Waals surface area contributed by atoms with Gasteiger partial charge in [0, 0.05) is 0 Å². The van der Waals surface area contributed by atoms with Crippen molar-refractivity contribution in [2.24, 2.45) is 5.92 Å². The van der Waals surface area contributed by atoms with Crippen LogP contribution in [0.2, 0.25) is 0 Å². The lowest BCUT2D eigenvalue weighted by Gasteiger charge is -2.23. The third-order valence-electron chi connectivity index (χ3n) is 4.66. The van der Waals surface area contributed by atoms with Crippen molar-refractivity contribution in [2.75, 3.05) is 13.1 Å². The highest BCUT2D eigenvalue weighted by Crippen LogP contribution is 2.08. The summed E-state index contributed by atoms with van der Waals surface area (Å²) in [5.74, 6) is -3.19. The Bertz CT molecular complexity index is 548. The predicted molar refractivity (Wildman–Crippen MR) is 96.7 cm³/mol. The number of aliphatic carboxylic acids is 1. The van der Waals surface area contributed by atoms with Gasteiger partial charge in [-0.25, -0.2) is 4.79 Å². The van der Waals surface area contributed by atoms with Gasteiger partial charge in [0.25, 0.3) is 0 Å². The van der Waals surface area contributed by atoms with E-state index >= 15 is 0 Å². The maximum atomic E-state index is 12.2. The number of nitrogens with one attached hydrogen (secondary N) is 4. The minimum atomic E-state index is -1.21.